The summed E-state index contributed by atoms with van der Waals surface area (Å²) in [7, 11) is 0. The van der Waals surface area contributed by atoms with Gasteiger partial charge in [-0.3, -0.25) is 9.69 Å². The number of ketones is 1. The van der Waals surface area contributed by atoms with Crippen LogP contribution in [0.3, 0.4) is 0 Å². The Morgan fingerprint density at radius 2 is 2.14 bits per heavy atom. The first-order valence-corrected chi connectivity index (χ1v) is 10.3. The summed E-state index contributed by atoms with van der Waals surface area (Å²) in [5.74, 6) is 1.57. The molecule has 1 fully saturated rings. The van der Waals surface area contributed by atoms with Crippen LogP contribution >= 0.6 is 11.6 Å². The van der Waals surface area contributed by atoms with Gasteiger partial charge >= 0.3 is 0 Å². The predicted octanol–water partition coefficient (Wildman–Crippen LogP) is 4.60. The van der Waals surface area contributed by atoms with Crippen molar-refractivity contribution in [3.8, 4) is 11.5 Å². The number of halogens is 1. The molecule has 3 aliphatic rings. The van der Waals surface area contributed by atoms with Crippen molar-refractivity contribution < 1.29 is 19.0 Å². The quantitative estimate of drug-likeness (QED) is 0.691. The molecule has 0 aromatic heterocycles. The van der Waals surface area contributed by atoms with Crippen LogP contribution in [-0.2, 0) is 11.3 Å². The molecule has 0 amide bonds. The zero-order chi connectivity index (χ0) is 20.0. The lowest BCUT2D eigenvalue weighted by Crippen LogP contribution is -2.37. The van der Waals surface area contributed by atoms with Crippen molar-refractivity contribution in [2.45, 2.75) is 32.4 Å². The number of fused-ring (bicyclic) bond motifs is 2. The molecule has 0 saturated carbocycles. The van der Waals surface area contributed by atoms with Gasteiger partial charge in [0.25, 0.3) is 0 Å². The van der Waals surface area contributed by atoms with E-state index in [4.69, 9.17) is 25.8 Å². The van der Waals surface area contributed by atoms with Gasteiger partial charge in [0.1, 0.15) is 18.2 Å². The Hall–Kier alpha value is -2.34. The van der Waals surface area contributed by atoms with E-state index in [1.165, 1.54) is 0 Å². The van der Waals surface area contributed by atoms with Crippen LogP contribution in [-0.4, -0.2) is 36.7 Å². The minimum Gasteiger partial charge on any atom is -0.477 e. The van der Waals surface area contributed by atoms with E-state index in [2.05, 4.69) is 4.90 Å². The van der Waals surface area contributed by atoms with E-state index in [9.17, 15) is 4.79 Å². The van der Waals surface area contributed by atoms with Crippen LogP contribution in [0.2, 0.25) is 5.02 Å². The Morgan fingerprint density at radius 1 is 1.28 bits per heavy atom. The van der Waals surface area contributed by atoms with E-state index in [0.717, 1.165) is 55.0 Å². The fourth-order valence-electron chi connectivity index (χ4n) is 4.22. The van der Waals surface area contributed by atoms with E-state index in [1.807, 2.05) is 31.2 Å². The lowest BCUT2D eigenvalue weighted by molar-refractivity contribution is 0.0276. The highest BCUT2D eigenvalue weighted by molar-refractivity contribution is 6.32. The summed E-state index contributed by atoms with van der Waals surface area (Å²) in [6, 6.07) is 9.30. The number of allylic oxidation sites excluding steroid dienone is 1. The summed E-state index contributed by atoms with van der Waals surface area (Å²) >= 11 is 6.24. The van der Waals surface area contributed by atoms with Crippen molar-refractivity contribution in [2.75, 3.05) is 19.9 Å². The maximum Gasteiger partial charge on any atom is 0.231 e. The van der Waals surface area contributed by atoms with Crippen LogP contribution in [0.5, 0.6) is 11.5 Å². The summed E-state index contributed by atoms with van der Waals surface area (Å²) in [4.78, 5) is 15.2. The molecule has 3 aliphatic heterocycles. The third kappa shape index (κ3) is 3.44. The summed E-state index contributed by atoms with van der Waals surface area (Å²) in [5.41, 5.74) is 3.22. The Kier molecular flexibility index (Phi) is 4.82. The summed E-state index contributed by atoms with van der Waals surface area (Å²) in [6.07, 6.45) is 4.18. The second-order valence-corrected chi connectivity index (χ2v) is 8.15. The van der Waals surface area contributed by atoms with Gasteiger partial charge in [0.15, 0.2) is 5.76 Å². The van der Waals surface area contributed by atoms with E-state index < -0.39 is 0 Å². The number of hydrogen-bond acceptors (Lipinski definition) is 5. The summed E-state index contributed by atoms with van der Waals surface area (Å²) in [6.45, 7) is 4.88. The van der Waals surface area contributed by atoms with Gasteiger partial charge in [-0.15, -0.1) is 0 Å². The lowest BCUT2D eigenvalue weighted by atomic mass is 10.00. The lowest BCUT2D eigenvalue weighted by Gasteiger charge is -2.31. The standard InChI is InChI=1S/C23H22ClNO4/c1-14-22-16(11-25(13-28-22)12-17-6-4-8-27-17)9-18-21(26)20(29-23(14)18)10-15-5-2-3-7-19(15)24/h2-3,5,7,9-10,17H,4,6,8,11-13H2,1H3/b20-10-. The smallest absolute Gasteiger partial charge is 0.231 e. The monoisotopic (exact) mass is 411 g/mol. The van der Waals surface area contributed by atoms with E-state index in [0.29, 0.717) is 23.1 Å². The molecule has 0 bridgehead atoms. The zero-order valence-electron chi connectivity index (χ0n) is 16.2. The first kappa shape index (κ1) is 18.7. The molecule has 3 heterocycles. The number of ether oxygens (including phenoxy) is 3. The highest BCUT2D eigenvalue weighted by atomic mass is 35.5. The van der Waals surface area contributed by atoms with E-state index >= 15 is 0 Å². The highest BCUT2D eigenvalue weighted by Crippen LogP contribution is 2.43. The minimum atomic E-state index is -0.123. The molecule has 1 atom stereocenters. The van der Waals surface area contributed by atoms with Gasteiger partial charge in [0.2, 0.25) is 5.78 Å². The maximum atomic E-state index is 13.0. The van der Waals surface area contributed by atoms with Gasteiger partial charge in [-0.25, -0.2) is 0 Å². The third-order valence-electron chi connectivity index (χ3n) is 5.68. The van der Waals surface area contributed by atoms with Crippen molar-refractivity contribution in [3.05, 3.63) is 63.4 Å². The van der Waals surface area contributed by atoms with Gasteiger partial charge in [-0.1, -0.05) is 29.8 Å². The summed E-state index contributed by atoms with van der Waals surface area (Å²) in [5, 5.41) is 0.580. The number of carbonyl (C=O) groups excluding carboxylic acids is 1. The molecule has 0 N–H and O–H groups in total. The molecule has 2 aromatic carbocycles. The number of benzene rings is 2. The molecule has 2 aromatic rings. The predicted molar refractivity (Wildman–Crippen MR) is 110 cm³/mol. The first-order chi connectivity index (χ1) is 14.1. The van der Waals surface area contributed by atoms with Crippen molar-refractivity contribution >= 4 is 23.5 Å². The van der Waals surface area contributed by atoms with Crippen molar-refractivity contribution in [2.24, 2.45) is 0 Å². The summed E-state index contributed by atoms with van der Waals surface area (Å²) < 4.78 is 17.7. The van der Waals surface area contributed by atoms with Gasteiger partial charge in [0, 0.05) is 35.8 Å². The second-order valence-electron chi connectivity index (χ2n) is 7.75. The van der Waals surface area contributed by atoms with Crippen LogP contribution < -0.4 is 9.47 Å². The molecule has 150 valence electrons. The Bertz CT molecular complexity index is 1010. The fourth-order valence-corrected chi connectivity index (χ4v) is 4.41. The zero-order valence-corrected chi connectivity index (χ0v) is 17.0. The van der Waals surface area contributed by atoms with Crippen molar-refractivity contribution in [1.82, 2.24) is 4.90 Å². The first-order valence-electron chi connectivity index (χ1n) is 9.92. The minimum absolute atomic E-state index is 0.123. The van der Waals surface area contributed by atoms with Crippen LogP contribution in [0.1, 0.15) is 39.9 Å². The number of rotatable bonds is 3. The van der Waals surface area contributed by atoms with Gasteiger partial charge in [0.05, 0.1) is 11.7 Å². The average Bonchev–Trinajstić information content (AvgIpc) is 3.33. The van der Waals surface area contributed by atoms with Gasteiger partial charge < -0.3 is 14.2 Å². The van der Waals surface area contributed by atoms with Crippen LogP contribution in [0.25, 0.3) is 6.08 Å². The van der Waals surface area contributed by atoms with Gasteiger partial charge in [-0.2, -0.15) is 0 Å². The van der Waals surface area contributed by atoms with E-state index in [-0.39, 0.29) is 17.6 Å². The van der Waals surface area contributed by atoms with E-state index in [1.54, 1.807) is 12.1 Å². The maximum absolute atomic E-state index is 13.0. The largest absolute Gasteiger partial charge is 0.477 e. The molecule has 5 rings (SSSR count). The highest BCUT2D eigenvalue weighted by Gasteiger charge is 2.34. The SMILES string of the molecule is Cc1c2c(cc3c1O/C(=C\c1ccccc1Cl)C3=O)CN(CC1CCCO1)CO2. The van der Waals surface area contributed by atoms with Crippen LogP contribution in [0.15, 0.2) is 36.1 Å². The van der Waals surface area contributed by atoms with Crippen LogP contribution in [0, 0.1) is 6.92 Å². The average molecular weight is 412 g/mol. The van der Waals surface area contributed by atoms with Gasteiger partial charge in [-0.05, 0) is 43.5 Å². The fraction of sp³-hybridized carbons (Fsp3) is 0.348. The number of nitrogens with zero attached hydrogens (tertiary/aromatic N) is 1. The normalized spacial score (nSPS) is 22.3. The number of Topliss-reactive ketones (excluding diaryl/α,β-unsaturated/α-hetero) is 1. The molecule has 5 nitrogen and oxygen atoms in total. The van der Waals surface area contributed by atoms with Crippen LogP contribution in [0.4, 0.5) is 0 Å². The third-order valence-corrected chi connectivity index (χ3v) is 6.02. The van der Waals surface area contributed by atoms with Crippen molar-refractivity contribution in [1.29, 1.82) is 0 Å². The Labute approximate surface area is 174 Å². The molecule has 1 saturated heterocycles. The molecule has 6 heteroatoms. The Morgan fingerprint density at radius 3 is 2.93 bits per heavy atom. The number of carbonyl (C=O) groups is 1. The molecule has 29 heavy (non-hydrogen) atoms. The van der Waals surface area contributed by atoms with Crippen molar-refractivity contribution in [3.63, 3.8) is 0 Å². The molecule has 0 aliphatic carbocycles. The second kappa shape index (κ2) is 7.48. The number of hydrogen-bond donors (Lipinski definition) is 0. The Balaban J connectivity index is 1.43. The molecule has 0 radical (unpaired) electrons. The molecule has 0 spiro atoms. The molecule has 1 unspecified atom stereocenters. The molecular weight excluding hydrogens is 390 g/mol. The molecular formula is C23H22ClNO4. The topological polar surface area (TPSA) is 48.0 Å².